The normalized spacial score (nSPS) is 26.6. The minimum absolute atomic E-state index is 0.126. The van der Waals surface area contributed by atoms with Gasteiger partial charge >= 0.3 is 0 Å². The summed E-state index contributed by atoms with van der Waals surface area (Å²) < 4.78 is 5.56. The summed E-state index contributed by atoms with van der Waals surface area (Å²) in [6.07, 6.45) is 0.887. The van der Waals surface area contributed by atoms with Crippen LogP contribution in [-0.2, 0) is 14.3 Å². The first kappa shape index (κ1) is 14.4. The van der Waals surface area contributed by atoms with E-state index in [0.29, 0.717) is 11.4 Å². The van der Waals surface area contributed by atoms with Crippen molar-refractivity contribution in [3.8, 4) is 0 Å². The highest BCUT2D eigenvalue weighted by molar-refractivity contribution is 6.21. The molecule has 2 heterocycles. The lowest BCUT2D eigenvalue weighted by atomic mass is 9.93. The van der Waals surface area contributed by atoms with E-state index in [9.17, 15) is 9.59 Å². The molecule has 21 heavy (non-hydrogen) atoms. The lowest BCUT2D eigenvalue weighted by Gasteiger charge is -2.21. The fraction of sp³-hybridized carbons (Fsp3) is 0.467. The Bertz CT molecular complexity index is 590. The van der Waals surface area contributed by atoms with Crippen LogP contribution < -0.4 is 10.6 Å². The monoisotopic (exact) mass is 308 g/mol. The smallest absolute Gasteiger partial charge is 0.233 e. The number of halogens is 1. The van der Waals surface area contributed by atoms with Crippen LogP contribution in [0.2, 0.25) is 0 Å². The fourth-order valence-corrected chi connectivity index (χ4v) is 3.33. The van der Waals surface area contributed by atoms with E-state index in [0.717, 1.165) is 18.6 Å². The van der Waals surface area contributed by atoms with Gasteiger partial charge in [-0.3, -0.25) is 9.59 Å². The molecule has 1 aromatic rings. The summed E-state index contributed by atoms with van der Waals surface area (Å²) in [5, 5.41) is 5.27. The Morgan fingerprint density at radius 1 is 1.24 bits per heavy atom. The second-order valence-corrected chi connectivity index (χ2v) is 5.98. The number of benzene rings is 1. The highest BCUT2D eigenvalue weighted by Gasteiger charge is 2.32. The molecule has 0 saturated carbocycles. The Balaban J connectivity index is 1.88. The summed E-state index contributed by atoms with van der Waals surface area (Å²) in [5.41, 5.74) is 2.13. The van der Waals surface area contributed by atoms with Crippen molar-refractivity contribution in [3.05, 3.63) is 23.8 Å². The average Bonchev–Trinajstić information content (AvgIpc) is 2.79. The van der Waals surface area contributed by atoms with Gasteiger partial charge in [-0.2, -0.15) is 0 Å². The largest absolute Gasteiger partial charge is 0.378 e. The summed E-state index contributed by atoms with van der Waals surface area (Å²) in [7, 11) is 0. The Morgan fingerprint density at radius 3 is 2.62 bits per heavy atom. The Labute approximate surface area is 128 Å². The SMILES string of the molecule is CC1OCCC1C(Cl)c1ccc2c(c1)NC(=O)CC(=O)N2. The highest BCUT2D eigenvalue weighted by Crippen LogP contribution is 2.40. The van der Waals surface area contributed by atoms with Crippen molar-refractivity contribution in [3.63, 3.8) is 0 Å². The van der Waals surface area contributed by atoms with Crippen molar-refractivity contribution >= 4 is 34.8 Å². The molecule has 1 saturated heterocycles. The molecule has 112 valence electrons. The minimum Gasteiger partial charge on any atom is -0.378 e. The molecule has 3 unspecified atom stereocenters. The van der Waals surface area contributed by atoms with Crippen LogP contribution in [0.15, 0.2) is 18.2 Å². The predicted octanol–water partition coefficient (Wildman–Crippen LogP) is 2.67. The maximum Gasteiger partial charge on any atom is 0.233 e. The van der Waals surface area contributed by atoms with Crippen LogP contribution in [0.25, 0.3) is 0 Å². The van der Waals surface area contributed by atoms with Gasteiger partial charge in [0.1, 0.15) is 6.42 Å². The summed E-state index contributed by atoms with van der Waals surface area (Å²) in [4.78, 5) is 23.1. The van der Waals surface area contributed by atoms with E-state index in [1.807, 2.05) is 19.1 Å². The first-order valence-corrected chi connectivity index (χ1v) is 7.47. The summed E-state index contributed by atoms with van der Waals surface area (Å²) in [6, 6.07) is 5.50. The lowest BCUT2D eigenvalue weighted by molar-refractivity contribution is -0.123. The quantitative estimate of drug-likeness (QED) is 0.652. The van der Waals surface area contributed by atoms with E-state index < -0.39 is 0 Å². The number of nitrogens with one attached hydrogen (secondary N) is 2. The van der Waals surface area contributed by atoms with Crippen molar-refractivity contribution < 1.29 is 14.3 Å². The average molecular weight is 309 g/mol. The van der Waals surface area contributed by atoms with Gasteiger partial charge in [-0.1, -0.05) is 6.07 Å². The molecule has 0 aromatic heterocycles. The van der Waals surface area contributed by atoms with E-state index >= 15 is 0 Å². The molecule has 6 heteroatoms. The number of hydrogen-bond donors (Lipinski definition) is 2. The van der Waals surface area contributed by atoms with Crippen LogP contribution in [0.4, 0.5) is 11.4 Å². The molecule has 2 aliphatic heterocycles. The van der Waals surface area contributed by atoms with Gasteiger partial charge < -0.3 is 15.4 Å². The van der Waals surface area contributed by atoms with Crippen LogP contribution >= 0.6 is 11.6 Å². The van der Waals surface area contributed by atoms with Gasteiger partial charge in [0.05, 0.1) is 22.9 Å². The molecule has 1 aromatic carbocycles. The molecule has 3 rings (SSSR count). The number of alkyl halides is 1. The van der Waals surface area contributed by atoms with Crippen molar-refractivity contribution in [1.82, 2.24) is 0 Å². The highest BCUT2D eigenvalue weighted by atomic mass is 35.5. The molecule has 0 bridgehead atoms. The zero-order chi connectivity index (χ0) is 15.0. The van der Waals surface area contributed by atoms with Gasteiger partial charge in [0.15, 0.2) is 0 Å². The Kier molecular flexibility index (Phi) is 3.87. The van der Waals surface area contributed by atoms with E-state index in [1.165, 1.54) is 0 Å². The Hall–Kier alpha value is -1.59. The predicted molar refractivity (Wildman–Crippen MR) is 80.4 cm³/mol. The number of carbonyl (C=O) groups excluding carboxylic acids is 2. The summed E-state index contributed by atoms with van der Waals surface area (Å²) in [6.45, 7) is 2.76. The maximum atomic E-state index is 11.6. The first-order valence-electron chi connectivity index (χ1n) is 7.04. The lowest BCUT2D eigenvalue weighted by Crippen LogP contribution is -2.17. The van der Waals surface area contributed by atoms with Crippen molar-refractivity contribution in [1.29, 1.82) is 0 Å². The number of rotatable bonds is 2. The number of fused-ring (bicyclic) bond motifs is 1. The molecule has 0 spiro atoms. The minimum atomic E-state index is -0.313. The molecule has 0 aliphatic carbocycles. The number of ether oxygens (including phenoxy) is 1. The molecular weight excluding hydrogens is 292 g/mol. The molecule has 0 radical (unpaired) electrons. The van der Waals surface area contributed by atoms with Crippen LogP contribution in [-0.4, -0.2) is 24.5 Å². The van der Waals surface area contributed by atoms with Crippen LogP contribution in [0.1, 0.15) is 30.7 Å². The summed E-state index contributed by atoms with van der Waals surface area (Å²) >= 11 is 6.58. The number of hydrogen-bond acceptors (Lipinski definition) is 3. The standard InChI is InChI=1S/C15H17ClN2O3/c1-8-10(4-5-21-8)15(16)9-2-3-11-12(6-9)18-14(20)7-13(19)17-11/h2-3,6,8,10,15H,4-5,7H2,1H3,(H,17,19)(H,18,20). The molecule has 1 fully saturated rings. The van der Waals surface area contributed by atoms with Crippen LogP contribution in [0.3, 0.4) is 0 Å². The molecule has 2 aliphatic rings. The van der Waals surface area contributed by atoms with Gasteiger partial charge in [-0.25, -0.2) is 0 Å². The second-order valence-electron chi connectivity index (χ2n) is 5.51. The Morgan fingerprint density at radius 2 is 1.95 bits per heavy atom. The first-order chi connectivity index (χ1) is 10.0. The van der Waals surface area contributed by atoms with E-state index in [2.05, 4.69) is 10.6 Å². The van der Waals surface area contributed by atoms with Gasteiger partial charge in [0.2, 0.25) is 11.8 Å². The maximum absolute atomic E-state index is 11.6. The van der Waals surface area contributed by atoms with Gasteiger partial charge in [-0.15, -0.1) is 11.6 Å². The number of carbonyl (C=O) groups is 2. The third-order valence-corrected chi connectivity index (χ3v) is 4.62. The zero-order valence-electron chi connectivity index (χ0n) is 11.7. The van der Waals surface area contributed by atoms with Gasteiger partial charge in [0.25, 0.3) is 0 Å². The molecule has 3 atom stereocenters. The van der Waals surface area contributed by atoms with E-state index in [-0.39, 0.29) is 35.6 Å². The third kappa shape index (κ3) is 2.89. The fourth-order valence-electron chi connectivity index (χ4n) is 2.86. The zero-order valence-corrected chi connectivity index (χ0v) is 12.4. The summed E-state index contributed by atoms with van der Waals surface area (Å²) in [5.74, 6) is -0.368. The topological polar surface area (TPSA) is 67.4 Å². The second kappa shape index (κ2) is 5.66. The molecule has 2 amide bonds. The van der Waals surface area contributed by atoms with Gasteiger partial charge in [0, 0.05) is 12.5 Å². The third-order valence-electron chi connectivity index (χ3n) is 4.04. The van der Waals surface area contributed by atoms with Crippen molar-refractivity contribution in [2.24, 2.45) is 5.92 Å². The van der Waals surface area contributed by atoms with E-state index in [1.54, 1.807) is 6.07 Å². The van der Waals surface area contributed by atoms with Crippen molar-refractivity contribution in [2.45, 2.75) is 31.2 Å². The van der Waals surface area contributed by atoms with Gasteiger partial charge in [-0.05, 0) is 31.0 Å². The van der Waals surface area contributed by atoms with E-state index in [4.69, 9.17) is 16.3 Å². The number of amides is 2. The molecule has 2 N–H and O–H groups in total. The molecular formula is C15H17ClN2O3. The number of anilines is 2. The molecule has 5 nitrogen and oxygen atoms in total. The van der Waals surface area contributed by atoms with Crippen LogP contribution in [0, 0.1) is 5.92 Å². The van der Waals surface area contributed by atoms with Crippen LogP contribution in [0.5, 0.6) is 0 Å². The van der Waals surface area contributed by atoms with Crippen molar-refractivity contribution in [2.75, 3.05) is 17.2 Å².